The molecule has 0 aliphatic carbocycles. The van der Waals surface area contributed by atoms with Gasteiger partial charge in [-0.05, 0) is 18.1 Å². The van der Waals surface area contributed by atoms with E-state index in [9.17, 15) is 4.79 Å². The molecule has 0 unspecified atom stereocenters. The first kappa shape index (κ1) is 21.4. The Morgan fingerprint density at radius 3 is 2.67 bits per heavy atom. The van der Waals surface area contributed by atoms with Gasteiger partial charge < -0.3 is 18.9 Å². The molecule has 5 aliphatic heterocycles. The number of pyridine rings is 2. The van der Waals surface area contributed by atoms with Crippen molar-refractivity contribution in [3.05, 3.63) is 46.0 Å². The number of thioether (sulfide) groups is 2. The Hall–Kier alpha value is -1.81. The summed E-state index contributed by atoms with van der Waals surface area (Å²) in [5.41, 5.74) is 5.31. The van der Waals surface area contributed by atoms with Gasteiger partial charge in [0.15, 0.2) is 24.6 Å². The molecular weight excluding hydrogens is 424 g/mol. The summed E-state index contributed by atoms with van der Waals surface area (Å²) < 4.78 is 22.7. The third-order valence-electron chi connectivity index (χ3n) is 4.85. The first-order valence-corrected chi connectivity index (χ1v) is 12.1. The molecule has 5 aliphatic rings. The van der Waals surface area contributed by atoms with Gasteiger partial charge in [0.1, 0.15) is 6.61 Å². The molecule has 0 amide bonds. The van der Waals surface area contributed by atoms with Gasteiger partial charge in [-0.3, -0.25) is 14.8 Å². The summed E-state index contributed by atoms with van der Waals surface area (Å²) in [7, 11) is 0. The van der Waals surface area contributed by atoms with Gasteiger partial charge in [0.25, 0.3) is 0 Å². The van der Waals surface area contributed by atoms with Crippen molar-refractivity contribution < 1.29 is 23.7 Å². The Kier molecular flexibility index (Phi) is 7.48. The van der Waals surface area contributed by atoms with Crippen LogP contribution in [0.2, 0.25) is 0 Å². The maximum absolute atomic E-state index is 11.9. The molecule has 7 heterocycles. The number of aromatic nitrogens is 2. The predicted octanol–water partition coefficient (Wildman–Crippen LogP) is 3.75. The quantitative estimate of drug-likeness (QED) is 0.485. The highest BCUT2D eigenvalue weighted by atomic mass is 32.2. The maximum Gasteiger partial charge on any atom is 0.189 e. The zero-order chi connectivity index (χ0) is 20.8. The number of ether oxygens (including phenoxy) is 4. The third kappa shape index (κ3) is 4.74. The summed E-state index contributed by atoms with van der Waals surface area (Å²) in [6, 6.07) is 0. The smallest absolute Gasteiger partial charge is 0.189 e. The number of aldehydes is 1. The number of hydrogen-bond acceptors (Lipinski definition) is 9. The van der Waals surface area contributed by atoms with Crippen LogP contribution in [-0.2, 0) is 39.1 Å². The van der Waals surface area contributed by atoms with Gasteiger partial charge in [-0.1, -0.05) is 0 Å². The maximum atomic E-state index is 11.9. The summed E-state index contributed by atoms with van der Waals surface area (Å²) >= 11 is 3.37. The van der Waals surface area contributed by atoms with Crippen LogP contribution in [0.4, 0.5) is 0 Å². The highest BCUT2D eigenvalue weighted by Crippen LogP contribution is 2.37. The van der Waals surface area contributed by atoms with Gasteiger partial charge >= 0.3 is 0 Å². The van der Waals surface area contributed by atoms with E-state index in [0.29, 0.717) is 55.0 Å². The van der Waals surface area contributed by atoms with Gasteiger partial charge in [-0.2, -0.15) is 23.5 Å². The second-order valence-electron chi connectivity index (χ2n) is 6.77. The largest absolute Gasteiger partial charge is 0.488 e. The second kappa shape index (κ2) is 10.5. The standard InChI is InChI=1S/C21H24N2O5S2/c1-2-25-3-4-27-20-16(7-24)14-5-22-18(20)11-30-10-15-6-23-19(12-29-9-14)21-17(15)8-26-13-28-21/h5-7H,2-4,8-13H2,1H3. The number of carbonyl (C=O) groups is 1. The molecule has 0 saturated heterocycles. The van der Waals surface area contributed by atoms with E-state index >= 15 is 0 Å². The molecule has 0 atom stereocenters. The molecule has 0 radical (unpaired) electrons. The minimum Gasteiger partial charge on any atom is -0.488 e. The van der Waals surface area contributed by atoms with Gasteiger partial charge in [0.05, 0.1) is 30.2 Å². The van der Waals surface area contributed by atoms with Crippen LogP contribution in [0.15, 0.2) is 12.4 Å². The van der Waals surface area contributed by atoms with Crippen molar-refractivity contribution in [2.45, 2.75) is 36.5 Å². The number of nitrogens with zero attached hydrogens (tertiary/aromatic N) is 2. The lowest BCUT2D eigenvalue weighted by atomic mass is 10.1. The van der Waals surface area contributed by atoms with E-state index in [1.807, 2.05) is 13.1 Å². The summed E-state index contributed by atoms with van der Waals surface area (Å²) in [4.78, 5) is 21.2. The van der Waals surface area contributed by atoms with E-state index in [-0.39, 0.29) is 6.79 Å². The van der Waals surface area contributed by atoms with Crippen molar-refractivity contribution in [1.82, 2.24) is 9.97 Å². The lowest BCUT2D eigenvalue weighted by molar-refractivity contribution is -0.0176. The molecule has 7 rings (SSSR count). The van der Waals surface area contributed by atoms with Crippen LogP contribution in [0, 0.1) is 0 Å². The van der Waals surface area contributed by atoms with Crippen molar-refractivity contribution in [2.24, 2.45) is 0 Å². The lowest BCUT2D eigenvalue weighted by Gasteiger charge is -2.23. The molecule has 30 heavy (non-hydrogen) atoms. The van der Waals surface area contributed by atoms with Crippen molar-refractivity contribution in [2.75, 3.05) is 26.6 Å². The normalized spacial score (nSPS) is 15.9. The van der Waals surface area contributed by atoms with Crippen LogP contribution in [0.3, 0.4) is 0 Å². The lowest BCUT2D eigenvalue weighted by Crippen LogP contribution is -2.16. The minimum absolute atomic E-state index is 0.255. The Labute approximate surface area is 184 Å². The molecule has 0 spiro atoms. The molecule has 0 fully saturated rings. The van der Waals surface area contributed by atoms with Crippen LogP contribution in [0.1, 0.15) is 45.4 Å². The zero-order valence-corrected chi connectivity index (χ0v) is 18.5. The van der Waals surface area contributed by atoms with Gasteiger partial charge in [0, 0.05) is 47.6 Å². The fourth-order valence-electron chi connectivity index (χ4n) is 3.37. The molecule has 9 heteroatoms. The average molecular weight is 449 g/mol. The summed E-state index contributed by atoms with van der Waals surface area (Å²) in [5.74, 6) is 4.10. The molecule has 2 aromatic heterocycles. The van der Waals surface area contributed by atoms with E-state index in [2.05, 4.69) is 9.97 Å². The zero-order valence-electron chi connectivity index (χ0n) is 16.8. The Balaban J connectivity index is 1.63. The van der Waals surface area contributed by atoms with Gasteiger partial charge in [0.2, 0.25) is 0 Å². The van der Waals surface area contributed by atoms with Crippen LogP contribution in [-0.4, -0.2) is 42.9 Å². The predicted molar refractivity (Wildman–Crippen MR) is 116 cm³/mol. The van der Waals surface area contributed by atoms with E-state index in [1.54, 1.807) is 29.7 Å². The summed E-state index contributed by atoms with van der Waals surface area (Å²) in [6.07, 6.45) is 4.60. The topological polar surface area (TPSA) is 79.8 Å². The number of carbonyl (C=O) groups excluding carboxylic acids is 1. The highest BCUT2D eigenvalue weighted by Gasteiger charge is 2.22. The molecule has 7 nitrogen and oxygen atoms in total. The molecular formula is C21H24N2O5S2. The van der Waals surface area contributed by atoms with Crippen molar-refractivity contribution in [1.29, 1.82) is 0 Å². The van der Waals surface area contributed by atoms with Crippen molar-refractivity contribution in [3.8, 4) is 11.5 Å². The second-order valence-corrected chi connectivity index (χ2v) is 8.74. The van der Waals surface area contributed by atoms with Gasteiger partial charge in [-0.15, -0.1) is 0 Å². The fraction of sp³-hybridized carbons (Fsp3) is 0.476. The van der Waals surface area contributed by atoms with Crippen LogP contribution in [0.25, 0.3) is 0 Å². The molecule has 0 saturated carbocycles. The Morgan fingerprint density at radius 1 is 1.07 bits per heavy atom. The van der Waals surface area contributed by atoms with E-state index in [0.717, 1.165) is 45.9 Å². The molecule has 2 aromatic rings. The number of hydrogen-bond donors (Lipinski definition) is 0. The molecule has 160 valence electrons. The molecule has 0 aromatic carbocycles. The Bertz CT molecular complexity index is 909. The van der Waals surface area contributed by atoms with E-state index in [1.165, 1.54) is 0 Å². The Morgan fingerprint density at radius 2 is 1.83 bits per heavy atom. The van der Waals surface area contributed by atoms with Crippen LogP contribution < -0.4 is 9.47 Å². The van der Waals surface area contributed by atoms with E-state index in [4.69, 9.17) is 18.9 Å². The van der Waals surface area contributed by atoms with Crippen molar-refractivity contribution in [3.63, 3.8) is 0 Å². The van der Waals surface area contributed by atoms with Crippen molar-refractivity contribution >= 4 is 29.8 Å². The molecule has 0 N–H and O–H groups in total. The summed E-state index contributed by atoms with van der Waals surface area (Å²) in [5, 5.41) is 0. The van der Waals surface area contributed by atoms with E-state index < -0.39 is 0 Å². The monoisotopic (exact) mass is 448 g/mol. The third-order valence-corrected chi connectivity index (χ3v) is 6.84. The molecule has 4 bridgehead atoms. The van der Waals surface area contributed by atoms with Crippen LogP contribution >= 0.6 is 23.5 Å². The first-order valence-electron chi connectivity index (χ1n) is 9.84. The highest BCUT2D eigenvalue weighted by molar-refractivity contribution is 7.98. The van der Waals surface area contributed by atoms with Crippen LogP contribution in [0.5, 0.6) is 11.5 Å². The number of rotatable bonds is 6. The minimum atomic E-state index is 0.255. The average Bonchev–Trinajstić information content (AvgIpc) is 2.78. The summed E-state index contributed by atoms with van der Waals surface area (Å²) in [6.45, 7) is 4.23. The SMILES string of the molecule is CCOCCOc1c2ncc(c1C=O)CSCc1ncc(c3c1OCOC3)CSC2. The van der Waals surface area contributed by atoms with Gasteiger partial charge in [-0.25, -0.2) is 0 Å². The first-order chi connectivity index (χ1) is 14.8. The fourth-order valence-corrected chi connectivity index (χ4v) is 5.29.